The maximum Gasteiger partial charge on any atom is 0.224 e. The number of aromatic nitrogens is 4. The van der Waals surface area contributed by atoms with Crippen molar-refractivity contribution in [2.75, 3.05) is 23.8 Å². The van der Waals surface area contributed by atoms with Crippen LogP contribution in [-0.4, -0.2) is 44.7 Å². The highest BCUT2D eigenvalue weighted by Crippen LogP contribution is 2.38. The van der Waals surface area contributed by atoms with E-state index in [0.29, 0.717) is 62.0 Å². The van der Waals surface area contributed by atoms with E-state index < -0.39 is 5.82 Å². The third-order valence-electron chi connectivity index (χ3n) is 6.73. The summed E-state index contributed by atoms with van der Waals surface area (Å²) in [7, 11) is 0. The Bertz CT molecular complexity index is 1240. The first-order chi connectivity index (χ1) is 16.9. The molecule has 0 spiro atoms. The quantitative estimate of drug-likeness (QED) is 0.397. The smallest absolute Gasteiger partial charge is 0.224 e. The molecular weight excluding hydrogens is 496 g/mol. The summed E-state index contributed by atoms with van der Waals surface area (Å²) in [5.41, 5.74) is 6.88. The van der Waals surface area contributed by atoms with Gasteiger partial charge in [0.05, 0.1) is 21.9 Å². The zero-order valence-corrected chi connectivity index (χ0v) is 20.4. The van der Waals surface area contributed by atoms with Crippen LogP contribution in [0.5, 0.6) is 0 Å². The van der Waals surface area contributed by atoms with E-state index in [4.69, 9.17) is 38.7 Å². The summed E-state index contributed by atoms with van der Waals surface area (Å²) in [6.45, 7) is 1.40. The van der Waals surface area contributed by atoms with Crippen LogP contribution in [0.1, 0.15) is 44.6 Å². The fourth-order valence-corrected chi connectivity index (χ4v) is 5.09. The molecule has 1 saturated carbocycles. The van der Waals surface area contributed by atoms with Gasteiger partial charge in [0, 0.05) is 31.2 Å². The minimum Gasteiger partial charge on any atom is -0.381 e. The second-order valence-corrected chi connectivity index (χ2v) is 9.78. The van der Waals surface area contributed by atoms with Gasteiger partial charge in [-0.15, -0.1) is 0 Å². The van der Waals surface area contributed by atoms with Crippen LogP contribution in [0, 0.1) is 11.7 Å². The summed E-state index contributed by atoms with van der Waals surface area (Å²) in [6.07, 6.45) is 6.17. The van der Waals surface area contributed by atoms with E-state index in [2.05, 4.69) is 20.6 Å². The molecule has 2 aromatic heterocycles. The Kier molecular flexibility index (Phi) is 6.95. The number of nitrogens with zero attached hydrogens (tertiary/aromatic N) is 4. The molecule has 1 saturated heterocycles. The van der Waals surface area contributed by atoms with Crippen LogP contribution < -0.4 is 16.4 Å². The van der Waals surface area contributed by atoms with Crippen molar-refractivity contribution in [3.63, 3.8) is 0 Å². The lowest BCUT2D eigenvalue weighted by Gasteiger charge is -2.29. The number of amides is 1. The minimum atomic E-state index is -0.664. The highest BCUT2D eigenvalue weighted by atomic mass is 35.5. The van der Waals surface area contributed by atoms with Gasteiger partial charge in [0.15, 0.2) is 11.5 Å². The zero-order valence-electron chi connectivity index (χ0n) is 18.9. The Morgan fingerprint density at radius 2 is 1.86 bits per heavy atom. The van der Waals surface area contributed by atoms with Gasteiger partial charge < -0.3 is 21.1 Å². The Labute approximate surface area is 211 Å². The monoisotopic (exact) mass is 521 g/mol. The molecule has 9 nitrogen and oxygen atoms in total. The number of fused-ring (bicyclic) bond motifs is 1. The summed E-state index contributed by atoms with van der Waals surface area (Å²) in [5.74, 6) is -0.171. The summed E-state index contributed by atoms with van der Waals surface area (Å²) in [4.78, 5) is 25.6. The van der Waals surface area contributed by atoms with Crippen molar-refractivity contribution >= 4 is 57.9 Å². The molecule has 0 atom stereocenters. The standard InChI is InChI=1S/C23H26Cl2FN7O2/c24-15-5-6-16(19(26)18(15)25)30-23-31-17-11-28-22(29-13-7-9-35-10-8-13)32-21(17)33(23)14-3-1-12(2-4-14)20(27)34/h5-6,11-14H,1-4,7-10H2,(H2,27,34)(H,30,31)(H,28,29,32)/t12-,14+. The van der Waals surface area contributed by atoms with E-state index in [0.717, 1.165) is 12.8 Å². The zero-order chi connectivity index (χ0) is 24.5. The van der Waals surface area contributed by atoms with Crippen LogP contribution in [0.15, 0.2) is 18.3 Å². The number of halogens is 3. The van der Waals surface area contributed by atoms with Crippen molar-refractivity contribution in [3.8, 4) is 0 Å². The maximum atomic E-state index is 14.8. The number of carbonyl (C=O) groups is 1. The minimum absolute atomic E-state index is 0.00485. The number of ether oxygens (including phenoxy) is 1. The summed E-state index contributed by atoms with van der Waals surface area (Å²) >= 11 is 12.0. The van der Waals surface area contributed by atoms with Gasteiger partial charge in [0.25, 0.3) is 0 Å². The molecule has 5 rings (SSSR count). The van der Waals surface area contributed by atoms with Crippen molar-refractivity contribution < 1.29 is 13.9 Å². The average Bonchev–Trinajstić information content (AvgIpc) is 3.22. The summed E-state index contributed by atoms with van der Waals surface area (Å²) < 4.78 is 22.2. The van der Waals surface area contributed by atoms with E-state index in [-0.39, 0.29) is 39.6 Å². The van der Waals surface area contributed by atoms with Crippen molar-refractivity contribution in [1.29, 1.82) is 0 Å². The average molecular weight is 522 g/mol. The molecule has 0 bridgehead atoms. The third-order valence-corrected chi connectivity index (χ3v) is 7.51. The summed E-state index contributed by atoms with van der Waals surface area (Å²) in [6, 6.07) is 3.26. The van der Waals surface area contributed by atoms with Gasteiger partial charge in [0.1, 0.15) is 5.52 Å². The number of imidazole rings is 1. The lowest BCUT2D eigenvalue weighted by molar-refractivity contribution is -0.122. The molecule has 2 aliphatic rings. The first kappa shape index (κ1) is 24.0. The fourth-order valence-electron chi connectivity index (χ4n) is 4.78. The molecule has 35 heavy (non-hydrogen) atoms. The van der Waals surface area contributed by atoms with Crippen LogP contribution in [0.25, 0.3) is 11.2 Å². The number of carbonyl (C=O) groups excluding carboxylic acids is 1. The molecule has 186 valence electrons. The Hall–Kier alpha value is -2.69. The topological polar surface area (TPSA) is 120 Å². The predicted molar refractivity (Wildman–Crippen MR) is 133 cm³/mol. The molecule has 3 aromatic rings. The molecule has 0 radical (unpaired) electrons. The van der Waals surface area contributed by atoms with Crippen LogP contribution >= 0.6 is 23.2 Å². The van der Waals surface area contributed by atoms with Gasteiger partial charge in [-0.3, -0.25) is 9.36 Å². The molecule has 1 aliphatic heterocycles. The molecule has 2 fully saturated rings. The Balaban J connectivity index is 1.51. The van der Waals surface area contributed by atoms with Gasteiger partial charge in [-0.05, 0) is 50.7 Å². The lowest BCUT2D eigenvalue weighted by Crippen LogP contribution is -2.29. The SMILES string of the molecule is NC(=O)[C@H]1CC[C@@H](n2c(Nc3ccc(Cl)c(Cl)c3F)nc3cnc(NC4CCOCC4)nc32)CC1. The predicted octanol–water partition coefficient (Wildman–Crippen LogP) is 4.82. The summed E-state index contributed by atoms with van der Waals surface area (Å²) in [5, 5.41) is 6.42. The molecule has 1 aliphatic carbocycles. The van der Waals surface area contributed by atoms with Crippen LogP contribution in [-0.2, 0) is 9.53 Å². The molecule has 1 amide bonds. The second-order valence-electron chi connectivity index (χ2n) is 8.99. The number of nitrogens with one attached hydrogen (secondary N) is 2. The van der Waals surface area contributed by atoms with Gasteiger partial charge >= 0.3 is 0 Å². The van der Waals surface area contributed by atoms with Gasteiger partial charge in [0.2, 0.25) is 17.8 Å². The second kappa shape index (κ2) is 10.1. The number of hydrogen-bond donors (Lipinski definition) is 3. The highest BCUT2D eigenvalue weighted by Gasteiger charge is 2.29. The first-order valence-corrected chi connectivity index (χ1v) is 12.5. The normalized spacial score (nSPS) is 21.2. The Morgan fingerprint density at radius 1 is 1.11 bits per heavy atom. The number of nitrogens with two attached hydrogens (primary N) is 1. The van der Waals surface area contributed by atoms with E-state index in [1.807, 2.05) is 4.57 Å². The lowest BCUT2D eigenvalue weighted by atomic mass is 9.85. The van der Waals surface area contributed by atoms with Crippen molar-refractivity contribution in [1.82, 2.24) is 19.5 Å². The van der Waals surface area contributed by atoms with Gasteiger partial charge in [-0.25, -0.2) is 14.4 Å². The van der Waals surface area contributed by atoms with Gasteiger partial charge in [-0.1, -0.05) is 23.2 Å². The molecule has 0 unspecified atom stereocenters. The molecule has 3 heterocycles. The third kappa shape index (κ3) is 5.00. The van der Waals surface area contributed by atoms with E-state index in [9.17, 15) is 9.18 Å². The van der Waals surface area contributed by atoms with Crippen molar-refractivity contribution in [2.24, 2.45) is 11.7 Å². The number of benzene rings is 1. The fraction of sp³-hybridized carbons (Fsp3) is 0.478. The van der Waals surface area contributed by atoms with E-state index in [1.54, 1.807) is 6.20 Å². The molecule has 12 heteroatoms. The van der Waals surface area contributed by atoms with E-state index in [1.165, 1.54) is 12.1 Å². The maximum absolute atomic E-state index is 14.8. The van der Waals surface area contributed by atoms with Crippen LogP contribution in [0.2, 0.25) is 10.0 Å². The molecular formula is C23H26Cl2FN7O2. The van der Waals surface area contributed by atoms with E-state index >= 15 is 0 Å². The number of primary amides is 1. The van der Waals surface area contributed by atoms with Crippen LogP contribution in [0.3, 0.4) is 0 Å². The molecule has 1 aromatic carbocycles. The van der Waals surface area contributed by atoms with Crippen molar-refractivity contribution in [3.05, 3.63) is 34.2 Å². The number of rotatable bonds is 6. The first-order valence-electron chi connectivity index (χ1n) is 11.7. The molecule has 4 N–H and O–H groups in total. The number of hydrogen-bond acceptors (Lipinski definition) is 7. The van der Waals surface area contributed by atoms with Crippen molar-refractivity contribution in [2.45, 2.75) is 50.6 Å². The van der Waals surface area contributed by atoms with Gasteiger partial charge in [-0.2, -0.15) is 4.98 Å². The van der Waals surface area contributed by atoms with Crippen LogP contribution in [0.4, 0.5) is 22.0 Å². The highest BCUT2D eigenvalue weighted by molar-refractivity contribution is 6.42. The number of anilines is 3. The Morgan fingerprint density at radius 3 is 2.57 bits per heavy atom. The largest absolute Gasteiger partial charge is 0.381 e.